The topological polar surface area (TPSA) is 65.0 Å². The number of oxazole rings is 1. The van der Waals surface area contributed by atoms with Crippen molar-refractivity contribution in [2.45, 2.75) is 6.92 Å². The summed E-state index contributed by atoms with van der Waals surface area (Å²) in [6.07, 6.45) is 2.98. The van der Waals surface area contributed by atoms with Crippen LogP contribution in [0.15, 0.2) is 21.3 Å². The van der Waals surface area contributed by atoms with E-state index in [4.69, 9.17) is 8.83 Å². The third kappa shape index (κ3) is 1.000. The van der Waals surface area contributed by atoms with Gasteiger partial charge in [-0.05, 0) is 0 Å². The first-order valence-electron chi connectivity index (χ1n) is 3.06. The van der Waals surface area contributed by atoms with Gasteiger partial charge in [-0.1, -0.05) is 0 Å². The number of nitrogens with zero attached hydrogens (tertiary/aromatic N) is 3. The van der Waals surface area contributed by atoms with Crippen molar-refractivity contribution < 1.29 is 8.83 Å². The summed E-state index contributed by atoms with van der Waals surface area (Å²) in [5, 5.41) is 7.34. The Labute approximate surface area is 62.1 Å². The van der Waals surface area contributed by atoms with E-state index in [0.29, 0.717) is 17.7 Å². The fourth-order valence-corrected chi connectivity index (χ4v) is 0.712. The van der Waals surface area contributed by atoms with Gasteiger partial charge in [0.1, 0.15) is 6.26 Å². The Morgan fingerprint density at radius 2 is 2.18 bits per heavy atom. The summed E-state index contributed by atoms with van der Waals surface area (Å²) < 4.78 is 9.97. The second-order valence-corrected chi connectivity index (χ2v) is 1.96. The molecule has 0 N–H and O–H groups in total. The quantitative estimate of drug-likeness (QED) is 0.609. The van der Waals surface area contributed by atoms with Gasteiger partial charge in [0.05, 0.1) is 6.20 Å². The van der Waals surface area contributed by atoms with Crippen LogP contribution in [0.2, 0.25) is 0 Å². The Morgan fingerprint density at radius 3 is 2.73 bits per heavy atom. The molecule has 0 spiro atoms. The lowest BCUT2D eigenvalue weighted by atomic mass is 10.7. The molecule has 2 aromatic heterocycles. The average Bonchev–Trinajstić information content (AvgIpc) is 2.55. The van der Waals surface area contributed by atoms with E-state index in [-0.39, 0.29) is 0 Å². The Hall–Kier alpha value is -1.65. The van der Waals surface area contributed by atoms with Crippen LogP contribution in [0.5, 0.6) is 0 Å². The monoisotopic (exact) mass is 151 g/mol. The summed E-state index contributed by atoms with van der Waals surface area (Å²) in [5.74, 6) is 1.16. The van der Waals surface area contributed by atoms with Crippen LogP contribution < -0.4 is 0 Å². The van der Waals surface area contributed by atoms with E-state index in [9.17, 15) is 0 Å². The standard InChI is InChI=1S/C6H5N3O2/c1-4-8-9-6(11-4)5-7-2-3-10-5/h2-3H,1H3. The minimum atomic E-state index is 0.312. The first-order chi connectivity index (χ1) is 5.36. The maximum atomic E-state index is 5.05. The summed E-state index contributed by atoms with van der Waals surface area (Å²) in [7, 11) is 0. The normalized spacial score (nSPS) is 10.3. The van der Waals surface area contributed by atoms with Gasteiger partial charge in [0.25, 0.3) is 5.89 Å². The zero-order chi connectivity index (χ0) is 7.68. The van der Waals surface area contributed by atoms with Crippen molar-refractivity contribution in [3.63, 3.8) is 0 Å². The van der Waals surface area contributed by atoms with Crippen LogP contribution in [0.4, 0.5) is 0 Å². The summed E-state index contributed by atoms with van der Waals surface area (Å²) in [5.41, 5.74) is 0. The van der Waals surface area contributed by atoms with E-state index in [1.807, 2.05) is 0 Å². The summed E-state index contributed by atoms with van der Waals surface area (Å²) in [6.45, 7) is 1.71. The Morgan fingerprint density at radius 1 is 1.27 bits per heavy atom. The minimum absolute atomic E-state index is 0.312. The van der Waals surface area contributed by atoms with Crippen LogP contribution in [-0.2, 0) is 0 Å². The highest BCUT2D eigenvalue weighted by atomic mass is 16.4. The van der Waals surface area contributed by atoms with E-state index in [1.165, 1.54) is 12.5 Å². The van der Waals surface area contributed by atoms with Gasteiger partial charge < -0.3 is 8.83 Å². The minimum Gasteiger partial charge on any atom is -0.441 e. The molecule has 0 saturated carbocycles. The van der Waals surface area contributed by atoms with E-state index < -0.39 is 0 Å². The fourth-order valence-electron chi connectivity index (χ4n) is 0.712. The number of rotatable bonds is 1. The molecule has 56 valence electrons. The van der Waals surface area contributed by atoms with Crippen LogP contribution in [0, 0.1) is 6.92 Å². The molecule has 0 bridgehead atoms. The largest absolute Gasteiger partial charge is 0.441 e. The summed E-state index contributed by atoms with van der Waals surface area (Å²) in [6, 6.07) is 0. The predicted molar refractivity (Wildman–Crippen MR) is 34.5 cm³/mol. The molecule has 2 aromatic rings. The van der Waals surface area contributed by atoms with Gasteiger partial charge in [-0.25, -0.2) is 4.98 Å². The predicted octanol–water partition coefficient (Wildman–Crippen LogP) is 1.03. The van der Waals surface area contributed by atoms with Crippen molar-refractivity contribution in [3.05, 3.63) is 18.4 Å². The zero-order valence-corrected chi connectivity index (χ0v) is 5.81. The second kappa shape index (κ2) is 2.19. The summed E-state index contributed by atoms with van der Waals surface area (Å²) >= 11 is 0. The van der Waals surface area contributed by atoms with Crippen LogP contribution in [0.3, 0.4) is 0 Å². The van der Waals surface area contributed by atoms with Crippen LogP contribution in [-0.4, -0.2) is 15.2 Å². The highest BCUT2D eigenvalue weighted by Gasteiger charge is 2.08. The van der Waals surface area contributed by atoms with Crippen molar-refractivity contribution >= 4 is 0 Å². The van der Waals surface area contributed by atoms with Crippen molar-refractivity contribution in [2.75, 3.05) is 0 Å². The van der Waals surface area contributed by atoms with Crippen molar-refractivity contribution in [1.29, 1.82) is 0 Å². The molecule has 0 fully saturated rings. The lowest BCUT2D eigenvalue weighted by Crippen LogP contribution is -1.75. The Balaban J connectivity index is 2.45. The molecule has 0 atom stereocenters. The molecule has 0 aliphatic heterocycles. The number of aromatic nitrogens is 3. The lowest BCUT2D eigenvalue weighted by Gasteiger charge is -1.80. The number of hydrogen-bond donors (Lipinski definition) is 0. The van der Waals surface area contributed by atoms with Gasteiger partial charge in [0.15, 0.2) is 0 Å². The van der Waals surface area contributed by atoms with Gasteiger partial charge in [-0.3, -0.25) is 0 Å². The second-order valence-electron chi connectivity index (χ2n) is 1.96. The molecule has 5 heteroatoms. The van der Waals surface area contributed by atoms with Crippen LogP contribution in [0.25, 0.3) is 11.8 Å². The molecule has 0 amide bonds. The fraction of sp³-hybridized carbons (Fsp3) is 0.167. The van der Waals surface area contributed by atoms with E-state index in [1.54, 1.807) is 6.92 Å². The SMILES string of the molecule is Cc1nnc(-c2ncco2)o1. The molecule has 0 aliphatic carbocycles. The first kappa shape index (κ1) is 6.09. The smallest absolute Gasteiger partial charge is 0.304 e. The van der Waals surface area contributed by atoms with Gasteiger partial charge >= 0.3 is 5.89 Å². The highest BCUT2D eigenvalue weighted by Crippen LogP contribution is 2.13. The number of hydrogen-bond acceptors (Lipinski definition) is 5. The van der Waals surface area contributed by atoms with Crippen molar-refractivity contribution in [2.24, 2.45) is 0 Å². The van der Waals surface area contributed by atoms with Gasteiger partial charge in [-0.2, -0.15) is 0 Å². The van der Waals surface area contributed by atoms with Gasteiger partial charge in [-0.15, -0.1) is 10.2 Å². The molecule has 11 heavy (non-hydrogen) atoms. The van der Waals surface area contributed by atoms with Gasteiger partial charge in [0, 0.05) is 6.92 Å². The zero-order valence-electron chi connectivity index (χ0n) is 5.81. The molecule has 0 saturated heterocycles. The molecule has 0 unspecified atom stereocenters. The van der Waals surface area contributed by atoms with Crippen LogP contribution in [0.1, 0.15) is 5.89 Å². The third-order valence-corrected chi connectivity index (χ3v) is 1.14. The maximum Gasteiger partial charge on any atom is 0.304 e. The first-order valence-corrected chi connectivity index (χ1v) is 3.06. The van der Waals surface area contributed by atoms with Crippen molar-refractivity contribution in [3.8, 4) is 11.8 Å². The van der Waals surface area contributed by atoms with E-state index in [0.717, 1.165) is 0 Å². The van der Waals surface area contributed by atoms with Crippen molar-refractivity contribution in [1.82, 2.24) is 15.2 Å². The molecule has 0 aliphatic rings. The molecule has 0 radical (unpaired) electrons. The van der Waals surface area contributed by atoms with E-state index in [2.05, 4.69) is 15.2 Å². The molecule has 5 nitrogen and oxygen atoms in total. The number of aryl methyl sites for hydroxylation is 1. The molecule has 0 aromatic carbocycles. The Bertz CT molecular complexity index is 338. The Kier molecular flexibility index (Phi) is 1.21. The highest BCUT2D eigenvalue weighted by molar-refractivity contribution is 5.34. The summed E-state index contributed by atoms with van der Waals surface area (Å²) in [4.78, 5) is 3.84. The molecule has 2 heterocycles. The molecular formula is C6H5N3O2. The van der Waals surface area contributed by atoms with Gasteiger partial charge in [0.2, 0.25) is 5.89 Å². The van der Waals surface area contributed by atoms with Crippen LogP contribution >= 0.6 is 0 Å². The molecule has 2 rings (SSSR count). The maximum absolute atomic E-state index is 5.05. The average molecular weight is 151 g/mol. The third-order valence-electron chi connectivity index (χ3n) is 1.14. The lowest BCUT2D eigenvalue weighted by molar-refractivity contribution is 0.491. The van der Waals surface area contributed by atoms with E-state index >= 15 is 0 Å². The molecular weight excluding hydrogens is 146 g/mol.